The molecule has 0 nitrogen and oxygen atoms in total. The molecule has 0 saturated heterocycles. The van der Waals surface area contributed by atoms with Crippen molar-refractivity contribution in [2.24, 2.45) is 0 Å². The van der Waals surface area contributed by atoms with Gasteiger partial charge in [-0.3, -0.25) is 0 Å². The van der Waals surface area contributed by atoms with Crippen molar-refractivity contribution in [3.8, 4) is 0 Å². The molecule has 0 unspecified atom stereocenters. The van der Waals surface area contributed by atoms with Crippen molar-refractivity contribution < 1.29 is 0 Å². The second kappa shape index (κ2) is 4.65. The molecule has 0 aromatic heterocycles. The van der Waals surface area contributed by atoms with Gasteiger partial charge < -0.3 is 0 Å². The second-order valence-corrected chi connectivity index (χ2v) is 2.05. The lowest BCUT2D eigenvalue weighted by molar-refractivity contribution is 1.72. The summed E-state index contributed by atoms with van der Waals surface area (Å²) in [5, 5.41) is 0.781. The summed E-state index contributed by atoms with van der Waals surface area (Å²) < 4.78 is 1.82. The van der Waals surface area contributed by atoms with Crippen LogP contribution in [0.4, 0.5) is 0 Å². The average Bonchev–Trinajstić information content (AvgIpc) is 1.68. The van der Waals surface area contributed by atoms with Gasteiger partial charge in [0.1, 0.15) is 0 Å². The summed E-state index contributed by atoms with van der Waals surface area (Å²) in [4.78, 5) is 0. The van der Waals surface area contributed by atoms with Crippen LogP contribution in [0.1, 0.15) is 6.92 Å². The highest BCUT2D eigenvalue weighted by molar-refractivity contribution is 14.1. The van der Waals surface area contributed by atoms with Crippen molar-refractivity contribution in [2.45, 2.75) is 6.92 Å². The van der Waals surface area contributed by atoms with Crippen molar-refractivity contribution in [1.82, 2.24) is 0 Å². The van der Waals surface area contributed by atoms with Gasteiger partial charge in [0.2, 0.25) is 0 Å². The zero-order chi connectivity index (χ0) is 5.70. The molecule has 0 bridgehead atoms. The third kappa shape index (κ3) is 4.35. The van der Waals surface area contributed by atoms with E-state index in [1.807, 2.05) is 23.2 Å². The van der Waals surface area contributed by atoms with E-state index in [1.165, 1.54) is 0 Å². The summed E-state index contributed by atoms with van der Waals surface area (Å²) in [6.45, 7) is 1.93. The lowest BCUT2D eigenvalue weighted by Crippen LogP contribution is -1.52. The number of hydrogen-bond acceptors (Lipinski definition) is 0. The largest absolute Gasteiger partial charge is 0.0862 e. The Labute approximate surface area is 62.4 Å². The van der Waals surface area contributed by atoms with Crippen LogP contribution in [0.25, 0.3) is 0 Å². The van der Waals surface area contributed by atoms with Gasteiger partial charge in [-0.2, -0.15) is 0 Å². The number of hydrogen-bond donors (Lipinski definition) is 0. The molecule has 0 aliphatic heterocycles. The lowest BCUT2D eigenvalue weighted by atomic mass is 10.5. The maximum absolute atomic E-state index is 5.53. The highest BCUT2D eigenvalue weighted by atomic mass is 127. The highest BCUT2D eigenvalue weighted by Crippen LogP contribution is 2.05. The van der Waals surface area contributed by atoms with Gasteiger partial charge >= 0.3 is 0 Å². The van der Waals surface area contributed by atoms with Crippen molar-refractivity contribution in [3.63, 3.8) is 0 Å². The fourth-order valence-electron chi connectivity index (χ4n) is 0.196. The molecule has 0 saturated carbocycles. The van der Waals surface area contributed by atoms with Crippen LogP contribution in [0.2, 0.25) is 0 Å². The number of halogens is 2. The first kappa shape index (κ1) is 7.50. The molecule has 2 heteroatoms. The summed E-state index contributed by atoms with van der Waals surface area (Å²) in [6, 6.07) is 0. The van der Waals surface area contributed by atoms with Crippen LogP contribution < -0.4 is 0 Å². The normalized spacial score (nSPS) is 13.3. The molecule has 0 heterocycles. The van der Waals surface area contributed by atoms with E-state index >= 15 is 0 Å². The van der Waals surface area contributed by atoms with E-state index < -0.39 is 0 Å². The van der Waals surface area contributed by atoms with Crippen LogP contribution in [0.5, 0.6) is 0 Å². The second-order valence-electron chi connectivity index (χ2n) is 0.994. The fourth-order valence-corrected chi connectivity index (χ4v) is 0.529. The Morgan fingerprint density at radius 1 is 1.71 bits per heavy atom. The van der Waals surface area contributed by atoms with Crippen LogP contribution in [-0.2, 0) is 0 Å². The molecule has 40 valence electrons. The van der Waals surface area contributed by atoms with Crippen LogP contribution in [0, 0.1) is 0 Å². The minimum absolute atomic E-state index is 0.781. The summed E-state index contributed by atoms with van der Waals surface area (Å²) in [5.41, 5.74) is 0. The molecular weight excluding hydrogens is 222 g/mol. The smallest absolute Gasteiger partial charge is 0.0463 e. The Morgan fingerprint density at radius 2 is 2.29 bits per heavy atom. The minimum Gasteiger partial charge on any atom is -0.0862 e. The van der Waals surface area contributed by atoms with Crippen molar-refractivity contribution in [3.05, 3.63) is 21.3 Å². The molecule has 0 aromatic rings. The van der Waals surface area contributed by atoms with Gasteiger partial charge in [0, 0.05) is 5.03 Å². The molecule has 0 spiro atoms. The van der Waals surface area contributed by atoms with Crippen molar-refractivity contribution in [1.29, 1.82) is 0 Å². The fraction of sp³-hybridized carbons (Fsp3) is 0.200. The molecule has 7 heavy (non-hydrogen) atoms. The third-order valence-corrected chi connectivity index (χ3v) is 1.70. The Kier molecular flexibility index (Phi) is 4.99. The quantitative estimate of drug-likeness (QED) is 0.478. The molecule has 0 amide bonds. The molecule has 0 fully saturated rings. The summed E-state index contributed by atoms with van der Waals surface area (Å²) in [5.74, 6) is 0. The number of rotatable bonds is 1. The first-order valence-electron chi connectivity index (χ1n) is 1.90. The van der Waals surface area contributed by atoms with Crippen LogP contribution in [-0.4, -0.2) is 0 Å². The SMILES string of the molecule is C/C=C/C(Cl)=C/I. The molecule has 0 aromatic carbocycles. The van der Waals surface area contributed by atoms with Crippen molar-refractivity contribution >= 4 is 34.2 Å². The van der Waals surface area contributed by atoms with Gasteiger partial charge in [-0.05, 0) is 17.1 Å². The van der Waals surface area contributed by atoms with Crippen molar-refractivity contribution in [2.75, 3.05) is 0 Å². The van der Waals surface area contributed by atoms with Crippen LogP contribution >= 0.6 is 34.2 Å². The van der Waals surface area contributed by atoms with Gasteiger partial charge in [0.15, 0.2) is 0 Å². The first-order chi connectivity index (χ1) is 3.31. The van der Waals surface area contributed by atoms with E-state index in [0.29, 0.717) is 0 Å². The van der Waals surface area contributed by atoms with E-state index in [9.17, 15) is 0 Å². The van der Waals surface area contributed by atoms with E-state index in [0.717, 1.165) is 5.03 Å². The monoisotopic (exact) mass is 228 g/mol. The Balaban J connectivity index is 3.58. The highest BCUT2D eigenvalue weighted by Gasteiger charge is 1.74. The van der Waals surface area contributed by atoms with E-state index in [2.05, 4.69) is 22.6 Å². The molecule has 0 rings (SSSR count). The van der Waals surface area contributed by atoms with E-state index in [-0.39, 0.29) is 0 Å². The minimum atomic E-state index is 0.781. The standard InChI is InChI=1S/C5H6ClI/c1-2-3-5(6)4-7/h2-4H,1H3/b3-2+,5-4-. The van der Waals surface area contributed by atoms with Gasteiger partial charge in [-0.1, -0.05) is 40.3 Å². The number of allylic oxidation sites excluding steroid dienone is 3. The molecule has 0 atom stereocenters. The molecule has 0 aliphatic rings. The maximum atomic E-state index is 5.53. The zero-order valence-corrected chi connectivity index (χ0v) is 6.90. The molecule has 0 radical (unpaired) electrons. The topological polar surface area (TPSA) is 0 Å². The van der Waals surface area contributed by atoms with Gasteiger partial charge in [0.25, 0.3) is 0 Å². The molecule has 0 aliphatic carbocycles. The van der Waals surface area contributed by atoms with Crippen LogP contribution in [0.3, 0.4) is 0 Å². The Bertz CT molecular complexity index is 94.3. The van der Waals surface area contributed by atoms with E-state index in [1.54, 1.807) is 0 Å². The van der Waals surface area contributed by atoms with Gasteiger partial charge in [-0.15, -0.1) is 0 Å². The summed E-state index contributed by atoms with van der Waals surface area (Å²) in [7, 11) is 0. The molecular formula is C5H6ClI. The van der Waals surface area contributed by atoms with Gasteiger partial charge in [-0.25, -0.2) is 0 Å². The zero-order valence-electron chi connectivity index (χ0n) is 3.99. The Morgan fingerprint density at radius 3 is 2.43 bits per heavy atom. The molecule has 0 N–H and O–H groups in total. The Hall–Kier alpha value is 0.500. The maximum Gasteiger partial charge on any atom is 0.0463 e. The van der Waals surface area contributed by atoms with Crippen LogP contribution in [0.15, 0.2) is 21.3 Å². The predicted molar refractivity (Wildman–Crippen MR) is 42.8 cm³/mol. The average molecular weight is 228 g/mol. The third-order valence-electron chi connectivity index (χ3n) is 0.430. The van der Waals surface area contributed by atoms with Gasteiger partial charge in [0.05, 0.1) is 0 Å². The first-order valence-corrected chi connectivity index (χ1v) is 3.52. The lowest BCUT2D eigenvalue weighted by Gasteiger charge is -1.76. The summed E-state index contributed by atoms with van der Waals surface area (Å²) in [6.07, 6.45) is 3.74. The summed E-state index contributed by atoms with van der Waals surface area (Å²) >= 11 is 7.62. The van der Waals surface area contributed by atoms with E-state index in [4.69, 9.17) is 11.6 Å². The predicted octanol–water partition coefficient (Wildman–Crippen LogP) is 3.08.